The highest BCUT2D eigenvalue weighted by Crippen LogP contribution is 2.31. The Kier molecular flexibility index (Phi) is 5.03. The number of benzene rings is 1. The molecule has 0 unspecified atom stereocenters. The zero-order valence-electron chi connectivity index (χ0n) is 13.7. The number of carbonyl (C=O) groups excluding carboxylic acids is 1. The van der Waals surface area contributed by atoms with Gasteiger partial charge in [-0.15, -0.1) is 0 Å². The minimum Gasteiger partial charge on any atom is -0.486 e. The average molecular weight is 319 g/mol. The number of nitrogens with two attached hydrogens (primary N) is 1. The van der Waals surface area contributed by atoms with Crippen LogP contribution >= 0.6 is 0 Å². The second-order valence-corrected chi connectivity index (χ2v) is 6.12. The predicted octanol–water partition coefficient (Wildman–Crippen LogP) is 0.839. The molecule has 0 aromatic heterocycles. The molecule has 2 aliphatic rings. The second-order valence-electron chi connectivity index (χ2n) is 6.12. The Morgan fingerprint density at radius 2 is 1.87 bits per heavy atom. The average Bonchev–Trinajstić information content (AvgIpc) is 2.57. The number of hydrogen-bond donors (Lipinski definition) is 1. The summed E-state index contributed by atoms with van der Waals surface area (Å²) in [5.41, 5.74) is 6.71. The summed E-state index contributed by atoms with van der Waals surface area (Å²) in [7, 11) is 0. The molecule has 126 valence electrons. The Labute approximate surface area is 137 Å². The molecular formula is C17H25N3O3. The van der Waals surface area contributed by atoms with Crippen LogP contribution in [0.4, 0.5) is 0 Å². The summed E-state index contributed by atoms with van der Waals surface area (Å²) in [5, 5.41) is 0. The highest BCUT2D eigenvalue weighted by Gasteiger charge is 2.26. The molecule has 1 fully saturated rings. The van der Waals surface area contributed by atoms with E-state index in [0.29, 0.717) is 13.2 Å². The lowest BCUT2D eigenvalue weighted by atomic mass is 10.1. The number of carbonyl (C=O) groups is 1. The van der Waals surface area contributed by atoms with Crippen molar-refractivity contribution < 1.29 is 14.3 Å². The van der Waals surface area contributed by atoms with Crippen molar-refractivity contribution in [3.8, 4) is 11.5 Å². The topological polar surface area (TPSA) is 68.0 Å². The van der Waals surface area contributed by atoms with Crippen molar-refractivity contribution in [2.45, 2.75) is 25.9 Å². The van der Waals surface area contributed by atoms with E-state index in [1.165, 1.54) is 5.56 Å². The fraction of sp³-hybridized carbons (Fsp3) is 0.588. The zero-order chi connectivity index (χ0) is 16.2. The Bertz CT molecular complexity index is 556. The lowest BCUT2D eigenvalue weighted by Gasteiger charge is -2.37. The first-order valence-corrected chi connectivity index (χ1v) is 8.31. The largest absolute Gasteiger partial charge is 0.486 e. The molecular weight excluding hydrogens is 294 g/mol. The van der Waals surface area contributed by atoms with Crippen LogP contribution in [-0.2, 0) is 11.3 Å². The van der Waals surface area contributed by atoms with E-state index in [1.54, 1.807) is 0 Å². The Hall–Kier alpha value is -1.79. The van der Waals surface area contributed by atoms with Gasteiger partial charge in [0, 0.05) is 32.7 Å². The lowest BCUT2D eigenvalue weighted by molar-refractivity contribution is -0.124. The molecule has 6 nitrogen and oxygen atoms in total. The van der Waals surface area contributed by atoms with E-state index >= 15 is 0 Å². The number of primary amides is 1. The number of rotatable bonds is 5. The van der Waals surface area contributed by atoms with E-state index in [1.807, 2.05) is 13.0 Å². The maximum atomic E-state index is 11.5. The molecule has 2 heterocycles. The SMILES string of the molecule is CC[C@@H](C(N)=O)N1CCN(Cc2ccc3c(c2)OCCO3)CC1. The van der Waals surface area contributed by atoms with Crippen molar-refractivity contribution in [2.24, 2.45) is 5.73 Å². The molecule has 1 aromatic rings. The van der Waals surface area contributed by atoms with Gasteiger partial charge in [0.2, 0.25) is 5.91 Å². The summed E-state index contributed by atoms with van der Waals surface area (Å²) in [6.45, 7) is 7.77. The number of hydrogen-bond acceptors (Lipinski definition) is 5. The van der Waals surface area contributed by atoms with Crippen molar-refractivity contribution in [1.82, 2.24) is 9.80 Å². The van der Waals surface area contributed by atoms with Crippen LogP contribution in [0.5, 0.6) is 11.5 Å². The molecule has 1 aromatic carbocycles. The Morgan fingerprint density at radius 3 is 2.52 bits per heavy atom. The van der Waals surface area contributed by atoms with Gasteiger partial charge in [-0.05, 0) is 24.1 Å². The Morgan fingerprint density at radius 1 is 1.17 bits per heavy atom. The first-order valence-electron chi connectivity index (χ1n) is 8.31. The molecule has 1 atom stereocenters. The quantitative estimate of drug-likeness (QED) is 0.871. The maximum Gasteiger partial charge on any atom is 0.234 e. The van der Waals surface area contributed by atoms with Crippen molar-refractivity contribution in [1.29, 1.82) is 0 Å². The van der Waals surface area contributed by atoms with E-state index < -0.39 is 0 Å². The number of fused-ring (bicyclic) bond motifs is 1. The van der Waals surface area contributed by atoms with Crippen LogP contribution in [0.3, 0.4) is 0 Å². The third-order valence-electron chi connectivity index (χ3n) is 4.58. The molecule has 1 amide bonds. The van der Waals surface area contributed by atoms with E-state index in [9.17, 15) is 4.79 Å². The number of nitrogens with zero attached hydrogens (tertiary/aromatic N) is 2. The van der Waals surface area contributed by atoms with Crippen LogP contribution < -0.4 is 15.2 Å². The molecule has 2 N–H and O–H groups in total. The van der Waals surface area contributed by atoms with E-state index in [-0.39, 0.29) is 11.9 Å². The van der Waals surface area contributed by atoms with E-state index in [2.05, 4.69) is 21.9 Å². The standard InChI is InChI=1S/C17H25N3O3/c1-2-14(17(18)21)20-7-5-19(6-8-20)12-13-3-4-15-16(11-13)23-10-9-22-15/h3-4,11,14H,2,5-10,12H2,1H3,(H2,18,21)/t14-/m0/s1. The smallest absolute Gasteiger partial charge is 0.234 e. The summed E-state index contributed by atoms with van der Waals surface area (Å²) < 4.78 is 11.2. The highest BCUT2D eigenvalue weighted by atomic mass is 16.6. The minimum absolute atomic E-state index is 0.133. The summed E-state index contributed by atoms with van der Waals surface area (Å²) in [4.78, 5) is 16.1. The van der Waals surface area contributed by atoms with Crippen LogP contribution in [-0.4, -0.2) is 61.1 Å². The molecule has 2 aliphatic heterocycles. The summed E-state index contributed by atoms with van der Waals surface area (Å²) in [5.74, 6) is 1.46. The molecule has 0 bridgehead atoms. The number of amides is 1. The fourth-order valence-electron chi connectivity index (χ4n) is 3.32. The molecule has 23 heavy (non-hydrogen) atoms. The van der Waals surface area contributed by atoms with E-state index in [4.69, 9.17) is 15.2 Å². The van der Waals surface area contributed by atoms with Gasteiger partial charge in [0.05, 0.1) is 6.04 Å². The third-order valence-corrected chi connectivity index (χ3v) is 4.58. The molecule has 0 saturated carbocycles. The predicted molar refractivity (Wildman–Crippen MR) is 87.6 cm³/mol. The van der Waals surface area contributed by atoms with Crippen LogP contribution in [0.2, 0.25) is 0 Å². The highest BCUT2D eigenvalue weighted by molar-refractivity contribution is 5.79. The first kappa shape index (κ1) is 16.1. The molecule has 1 saturated heterocycles. The van der Waals surface area contributed by atoms with Gasteiger partial charge in [-0.2, -0.15) is 0 Å². The van der Waals surface area contributed by atoms with Crippen LogP contribution in [0, 0.1) is 0 Å². The van der Waals surface area contributed by atoms with E-state index in [0.717, 1.165) is 50.6 Å². The van der Waals surface area contributed by atoms with Gasteiger partial charge in [-0.1, -0.05) is 13.0 Å². The fourth-order valence-corrected chi connectivity index (χ4v) is 3.32. The molecule has 0 spiro atoms. The van der Waals surface area contributed by atoms with Crippen LogP contribution in [0.25, 0.3) is 0 Å². The monoisotopic (exact) mass is 319 g/mol. The molecule has 3 rings (SSSR count). The molecule has 0 radical (unpaired) electrons. The van der Waals surface area contributed by atoms with Gasteiger partial charge < -0.3 is 15.2 Å². The van der Waals surface area contributed by atoms with Crippen molar-refractivity contribution in [3.63, 3.8) is 0 Å². The van der Waals surface area contributed by atoms with Gasteiger partial charge in [0.15, 0.2) is 11.5 Å². The third kappa shape index (κ3) is 3.76. The number of ether oxygens (including phenoxy) is 2. The second kappa shape index (κ2) is 7.19. The van der Waals surface area contributed by atoms with Gasteiger partial charge in [0.1, 0.15) is 13.2 Å². The van der Waals surface area contributed by atoms with Gasteiger partial charge in [-0.3, -0.25) is 14.6 Å². The zero-order valence-corrected chi connectivity index (χ0v) is 13.7. The first-order chi connectivity index (χ1) is 11.2. The van der Waals surface area contributed by atoms with Crippen molar-refractivity contribution >= 4 is 5.91 Å². The lowest BCUT2D eigenvalue weighted by Crippen LogP contribution is -2.53. The minimum atomic E-state index is -0.215. The number of piperazine rings is 1. The van der Waals surface area contributed by atoms with Gasteiger partial charge >= 0.3 is 0 Å². The van der Waals surface area contributed by atoms with Crippen LogP contribution in [0.1, 0.15) is 18.9 Å². The molecule has 6 heteroatoms. The van der Waals surface area contributed by atoms with Crippen molar-refractivity contribution in [2.75, 3.05) is 39.4 Å². The summed E-state index contributed by atoms with van der Waals surface area (Å²) in [6, 6.07) is 6.02. The normalized spacial score (nSPS) is 20.2. The Balaban J connectivity index is 1.55. The summed E-state index contributed by atoms with van der Waals surface area (Å²) >= 11 is 0. The molecule has 0 aliphatic carbocycles. The maximum absolute atomic E-state index is 11.5. The van der Waals surface area contributed by atoms with Crippen LogP contribution in [0.15, 0.2) is 18.2 Å². The van der Waals surface area contributed by atoms with Crippen molar-refractivity contribution in [3.05, 3.63) is 23.8 Å². The summed E-state index contributed by atoms with van der Waals surface area (Å²) in [6.07, 6.45) is 0.775. The van der Waals surface area contributed by atoms with Gasteiger partial charge in [0.25, 0.3) is 0 Å². The van der Waals surface area contributed by atoms with Gasteiger partial charge in [-0.25, -0.2) is 0 Å².